The van der Waals surface area contributed by atoms with Crippen LogP contribution in [0.5, 0.6) is 0 Å². The molecule has 0 unspecified atom stereocenters. The van der Waals surface area contributed by atoms with Crippen molar-refractivity contribution in [2.24, 2.45) is 5.73 Å². The van der Waals surface area contributed by atoms with Crippen LogP contribution in [0, 0.1) is 0 Å². The first-order valence-corrected chi connectivity index (χ1v) is 11.6. The van der Waals surface area contributed by atoms with Crippen LogP contribution in [0.3, 0.4) is 0 Å². The minimum atomic E-state index is -0.685. The van der Waals surface area contributed by atoms with Gasteiger partial charge in [-0.15, -0.1) is 10.2 Å². The van der Waals surface area contributed by atoms with Gasteiger partial charge in [0, 0.05) is 18.7 Å². The minimum Gasteiger partial charge on any atom is -0.337 e. The third-order valence-electron chi connectivity index (χ3n) is 6.39. The zero-order valence-electron chi connectivity index (χ0n) is 18.8. The second-order valence-corrected chi connectivity index (χ2v) is 8.77. The Kier molecular flexibility index (Phi) is 6.95. The Bertz CT molecular complexity index is 1010. The van der Waals surface area contributed by atoms with E-state index in [4.69, 9.17) is 5.73 Å². The maximum Gasteiger partial charge on any atom is 0.242 e. The Morgan fingerprint density at radius 3 is 2.44 bits per heavy atom. The molecule has 32 heavy (non-hydrogen) atoms. The molecule has 0 radical (unpaired) electrons. The Morgan fingerprint density at radius 1 is 1.06 bits per heavy atom. The number of hydrogen-bond donors (Lipinski definition) is 2. The number of carbonyl (C=O) groups excluding carboxylic acids is 1. The van der Waals surface area contributed by atoms with E-state index in [-0.39, 0.29) is 5.91 Å². The summed E-state index contributed by atoms with van der Waals surface area (Å²) in [4.78, 5) is 15.3. The molecule has 0 spiro atoms. The predicted octanol–water partition coefficient (Wildman–Crippen LogP) is 4.32. The molecule has 0 aliphatic heterocycles. The van der Waals surface area contributed by atoms with E-state index in [0.717, 1.165) is 73.7 Å². The van der Waals surface area contributed by atoms with Gasteiger partial charge in [0.1, 0.15) is 0 Å². The first kappa shape index (κ1) is 22.1. The Hall–Kier alpha value is -3.06. The van der Waals surface area contributed by atoms with Crippen molar-refractivity contribution in [2.75, 3.05) is 6.54 Å². The van der Waals surface area contributed by atoms with E-state index in [1.54, 1.807) is 0 Å². The lowest BCUT2D eigenvalue weighted by atomic mass is 9.96. The quantitative estimate of drug-likeness (QED) is 0.490. The number of amides is 1. The van der Waals surface area contributed by atoms with E-state index in [1.165, 1.54) is 0 Å². The largest absolute Gasteiger partial charge is 0.337 e. The molecule has 0 atom stereocenters. The van der Waals surface area contributed by atoms with E-state index in [2.05, 4.69) is 57.9 Å². The van der Waals surface area contributed by atoms with Crippen molar-refractivity contribution < 1.29 is 4.79 Å². The van der Waals surface area contributed by atoms with Gasteiger partial charge in [-0.1, -0.05) is 81.1 Å². The topological polar surface area (TPSA) is 101 Å². The fraction of sp³-hybridized carbons (Fsp3) is 0.440. The highest BCUT2D eigenvalue weighted by Gasteiger charge is 2.39. The van der Waals surface area contributed by atoms with Gasteiger partial charge in [0.05, 0.1) is 5.54 Å². The molecule has 0 bridgehead atoms. The fourth-order valence-corrected chi connectivity index (χ4v) is 4.56. The van der Waals surface area contributed by atoms with Gasteiger partial charge in [0.2, 0.25) is 11.7 Å². The molecule has 7 nitrogen and oxygen atoms in total. The van der Waals surface area contributed by atoms with Crippen molar-refractivity contribution in [1.82, 2.24) is 25.5 Å². The van der Waals surface area contributed by atoms with Crippen LogP contribution in [0.1, 0.15) is 57.4 Å². The molecule has 1 heterocycles. The van der Waals surface area contributed by atoms with Gasteiger partial charge in [0.15, 0.2) is 0 Å². The van der Waals surface area contributed by atoms with Gasteiger partial charge in [-0.2, -0.15) is 5.21 Å². The van der Waals surface area contributed by atoms with Crippen LogP contribution in [-0.2, 0) is 11.3 Å². The molecule has 3 N–H and O–H groups in total. The van der Waals surface area contributed by atoms with Crippen molar-refractivity contribution in [2.45, 2.75) is 64.0 Å². The number of nitrogens with one attached hydrogen (secondary N) is 1. The smallest absolute Gasteiger partial charge is 0.242 e. The zero-order chi connectivity index (χ0) is 22.4. The number of hydrogen-bond acceptors (Lipinski definition) is 5. The molecule has 168 valence electrons. The molecule has 3 aromatic rings. The summed E-state index contributed by atoms with van der Waals surface area (Å²) in [5, 5.41) is 14.4. The van der Waals surface area contributed by atoms with E-state index in [9.17, 15) is 4.79 Å². The summed E-state index contributed by atoms with van der Waals surface area (Å²) in [7, 11) is 0. The fourth-order valence-electron chi connectivity index (χ4n) is 4.56. The average molecular weight is 433 g/mol. The van der Waals surface area contributed by atoms with E-state index < -0.39 is 5.54 Å². The maximum atomic E-state index is 13.3. The van der Waals surface area contributed by atoms with E-state index in [0.29, 0.717) is 12.4 Å². The number of unbranched alkanes of at least 4 members (excludes halogenated alkanes) is 2. The number of carbonyl (C=O) groups is 1. The van der Waals surface area contributed by atoms with E-state index >= 15 is 0 Å². The predicted molar refractivity (Wildman–Crippen MR) is 125 cm³/mol. The highest BCUT2D eigenvalue weighted by molar-refractivity contribution is 5.86. The Labute approximate surface area is 189 Å². The number of nitrogens with zero attached hydrogens (tertiary/aromatic N) is 4. The third kappa shape index (κ3) is 4.88. The molecule has 4 rings (SSSR count). The van der Waals surface area contributed by atoms with Gasteiger partial charge in [-0.25, -0.2) is 0 Å². The Morgan fingerprint density at radius 2 is 1.78 bits per heavy atom. The maximum absolute atomic E-state index is 13.3. The molecule has 1 aliphatic rings. The molecule has 1 fully saturated rings. The Balaban J connectivity index is 1.53. The molecule has 1 amide bonds. The molecule has 7 heteroatoms. The molecular formula is C25H32N6O. The highest BCUT2D eigenvalue weighted by atomic mass is 16.2. The lowest BCUT2D eigenvalue weighted by Gasteiger charge is -2.32. The first-order chi connectivity index (χ1) is 15.6. The van der Waals surface area contributed by atoms with Crippen LogP contribution in [0.4, 0.5) is 0 Å². The molecule has 1 aliphatic carbocycles. The second-order valence-electron chi connectivity index (χ2n) is 8.77. The van der Waals surface area contributed by atoms with Gasteiger partial charge in [0.25, 0.3) is 0 Å². The van der Waals surface area contributed by atoms with Crippen LogP contribution < -0.4 is 5.73 Å². The van der Waals surface area contributed by atoms with Gasteiger partial charge < -0.3 is 10.6 Å². The molecule has 2 aromatic carbocycles. The summed E-state index contributed by atoms with van der Waals surface area (Å²) in [6, 6.07) is 16.4. The summed E-state index contributed by atoms with van der Waals surface area (Å²) < 4.78 is 0. The van der Waals surface area contributed by atoms with Crippen molar-refractivity contribution in [3.8, 4) is 22.5 Å². The monoisotopic (exact) mass is 432 g/mol. The van der Waals surface area contributed by atoms with Crippen molar-refractivity contribution in [1.29, 1.82) is 0 Å². The van der Waals surface area contributed by atoms with Gasteiger partial charge in [-0.3, -0.25) is 4.79 Å². The van der Waals surface area contributed by atoms with Crippen LogP contribution in [0.15, 0.2) is 48.5 Å². The number of benzene rings is 2. The summed E-state index contributed by atoms with van der Waals surface area (Å²) in [5.74, 6) is 0.680. The summed E-state index contributed by atoms with van der Waals surface area (Å²) in [6.45, 7) is 3.53. The normalized spacial score (nSPS) is 15.1. The highest BCUT2D eigenvalue weighted by Crippen LogP contribution is 2.31. The van der Waals surface area contributed by atoms with Gasteiger partial charge >= 0.3 is 0 Å². The van der Waals surface area contributed by atoms with Crippen LogP contribution in [0.2, 0.25) is 0 Å². The third-order valence-corrected chi connectivity index (χ3v) is 6.39. The summed E-state index contributed by atoms with van der Waals surface area (Å²) >= 11 is 0. The average Bonchev–Trinajstić information content (AvgIpc) is 3.51. The standard InChI is InChI=1S/C25H32N6O/c1-2-3-8-17-31(24(32)25(26)15-6-7-16-25)18-19-11-13-20(14-12-19)21-9-4-5-10-22(21)23-27-29-30-28-23/h4-5,9-14H,2-3,6-8,15-18,26H2,1H3,(H,27,28,29,30). The lowest BCUT2D eigenvalue weighted by molar-refractivity contribution is -0.137. The van der Waals surface area contributed by atoms with Crippen LogP contribution in [0.25, 0.3) is 22.5 Å². The SMILES string of the molecule is CCCCCN(Cc1ccc(-c2ccccc2-c2nn[nH]n2)cc1)C(=O)C1(N)CCCC1. The lowest BCUT2D eigenvalue weighted by Crippen LogP contribution is -2.53. The minimum absolute atomic E-state index is 0.109. The number of H-pyrrole nitrogens is 1. The van der Waals surface area contributed by atoms with E-state index in [1.807, 2.05) is 23.1 Å². The summed E-state index contributed by atoms with van der Waals surface area (Å²) in [6.07, 6.45) is 6.93. The number of aromatic amines is 1. The van der Waals surface area contributed by atoms with Gasteiger partial charge in [-0.05, 0) is 41.2 Å². The first-order valence-electron chi connectivity index (χ1n) is 11.6. The van der Waals surface area contributed by atoms with Crippen molar-refractivity contribution in [3.05, 3.63) is 54.1 Å². The number of tetrazole rings is 1. The molecule has 1 aromatic heterocycles. The van der Waals surface area contributed by atoms with Crippen LogP contribution >= 0.6 is 0 Å². The molecular weight excluding hydrogens is 400 g/mol. The zero-order valence-corrected chi connectivity index (χ0v) is 18.8. The van der Waals surface area contributed by atoms with Crippen LogP contribution in [-0.4, -0.2) is 43.5 Å². The van der Waals surface area contributed by atoms with Crippen molar-refractivity contribution >= 4 is 5.91 Å². The number of aromatic nitrogens is 4. The second kappa shape index (κ2) is 10.0. The number of rotatable bonds is 9. The molecule has 1 saturated carbocycles. The number of nitrogens with two attached hydrogens (primary N) is 1. The molecule has 0 saturated heterocycles. The summed E-state index contributed by atoms with van der Waals surface area (Å²) in [5.41, 5.74) is 9.98. The van der Waals surface area contributed by atoms with Crippen molar-refractivity contribution in [3.63, 3.8) is 0 Å².